The lowest BCUT2D eigenvalue weighted by atomic mass is 9.87. The molecule has 1 saturated heterocycles. The molecule has 6 heteroatoms. The predicted molar refractivity (Wildman–Crippen MR) is 107 cm³/mol. The van der Waals surface area contributed by atoms with Gasteiger partial charge >= 0.3 is 0 Å². The number of nitrogens with zero attached hydrogens (tertiary/aromatic N) is 1. The van der Waals surface area contributed by atoms with Crippen LogP contribution in [0, 0.1) is 0 Å². The summed E-state index contributed by atoms with van der Waals surface area (Å²) in [5.41, 5.74) is 8.41. The number of halogens is 2. The Hall–Kier alpha value is -0.970. The molecule has 1 atom stereocenters. The first-order chi connectivity index (χ1) is 10.3. The minimum atomic E-state index is -0.428. The molecule has 1 aromatic rings. The van der Waals surface area contributed by atoms with Gasteiger partial charge in [-0.25, -0.2) is 0 Å². The smallest absolute Gasteiger partial charge is 0.236 e. The fraction of sp³-hybridized carbons (Fsp3) is 0.611. The standard InChI is InChI=1S/C18H29N3O.2ClH/c1-13(19)17(22)20-15-9-11-21(12-10-15)16-7-5-14(6-8-16)18(2,3)4;;/h5-8,13,15H,9-12,19H2,1-4H3,(H,20,22);2*1H/t13-;;/m1../s1. The summed E-state index contributed by atoms with van der Waals surface area (Å²) in [6.07, 6.45) is 1.94. The molecule has 1 aliphatic rings. The van der Waals surface area contributed by atoms with Crippen LogP contribution >= 0.6 is 24.8 Å². The number of rotatable bonds is 3. The van der Waals surface area contributed by atoms with Crippen molar-refractivity contribution in [2.75, 3.05) is 18.0 Å². The third-order valence-electron chi connectivity index (χ3n) is 4.35. The lowest BCUT2D eigenvalue weighted by Gasteiger charge is -2.34. The van der Waals surface area contributed by atoms with E-state index in [9.17, 15) is 4.79 Å². The van der Waals surface area contributed by atoms with Gasteiger partial charge in [-0.3, -0.25) is 4.79 Å². The van der Waals surface area contributed by atoms with Crippen molar-refractivity contribution >= 4 is 36.4 Å². The van der Waals surface area contributed by atoms with Gasteiger partial charge in [0.2, 0.25) is 5.91 Å². The Balaban J connectivity index is 0.00000264. The Kier molecular flexibility index (Phi) is 9.11. The van der Waals surface area contributed by atoms with Gasteiger partial charge in [0.15, 0.2) is 0 Å². The average molecular weight is 376 g/mol. The quantitative estimate of drug-likeness (QED) is 0.851. The topological polar surface area (TPSA) is 58.4 Å². The van der Waals surface area contributed by atoms with Gasteiger partial charge in [0.1, 0.15) is 0 Å². The van der Waals surface area contributed by atoms with Crippen LogP contribution in [0.2, 0.25) is 0 Å². The van der Waals surface area contributed by atoms with E-state index >= 15 is 0 Å². The van der Waals surface area contributed by atoms with Crippen LogP contribution in [0.1, 0.15) is 46.1 Å². The summed E-state index contributed by atoms with van der Waals surface area (Å²) in [5, 5.41) is 3.03. The van der Waals surface area contributed by atoms with E-state index in [4.69, 9.17) is 5.73 Å². The number of nitrogens with one attached hydrogen (secondary N) is 1. The number of benzene rings is 1. The lowest BCUT2D eigenvalue weighted by molar-refractivity contribution is -0.122. The van der Waals surface area contributed by atoms with Crippen LogP contribution < -0.4 is 16.0 Å². The number of carbonyl (C=O) groups is 1. The highest BCUT2D eigenvalue weighted by molar-refractivity contribution is 5.85. The van der Waals surface area contributed by atoms with Gasteiger partial charge in [-0.15, -0.1) is 24.8 Å². The van der Waals surface area contributed by atoms with E-state index < -0.39 is 6.04 Å². The van der Waals surface area contributed by atoms with Crippen LogP contribution in [0.25, 0.3) is 0 Å². The van der Waals surface area contributed by atoms with Gasteiger partial charge in [0.25, 0.3) is 0 Å². The molecule has 24 heavy (non-hydrogen) atoms. The molecule has 1 amide bonds. The fourth-order valence-corrected chi connectivity index (χ4v) is 2.79. The van der Waals surface area contributed by atoms with Crippen LogP contribution in [-0.4, -0.2) is 31.1 Å². The molecule has 1 aliphatic heterocycles. The molecule has 0 radical (unpaired) electrons. The Bertz CT molecular complexity index is 504. The molecule has 4 nitrogen and oxygen atoms in total. The summed E-state index contributed by atoms with van der Waals surface area (Å²) in [7, 11) is 0. The highest BCUT2D eigenvalue weighted by atomic mass is 35.5. The first-order valence-electron chi connectivity index (χ1n) is 8.19. The van der Waals surface area contributed by atoms with Gasteiger partial charge in [0.05, 0.1) is 6.04 Å². The summed E-state index contributed by atoms with van der Waals surface area (Å²) < 4.78 is 0. The summed E-state index contributed by atoms with van der Waals surface area (Å²) in [6.45, 7) is 10.4. The van der Waals surface area contributed by atoms with Gasteiger partial charge < -0.3 is 16.0 Å². The van der Waals surface area contributed by atoms with Gasteiger partial charge in [-0.1, -0.05) is 32.9 Å². The molecule has 0 aromatic heterocycles. The van der Waals surface area contributed by atoms with Crippen molar-refractivity contribution in [2.24, 2.45) is 5.73 Å². The second-order valence-electron chi connectivity index (χ2n) is 7.36. The Labute approximate surface area is 158 Å². The number of amides is 1. The van der Waals surface area contributed by atoms with Gasteiger partial charge in [0, 0.05) is 24.8 Å². The van der Waals surface area contributed by atoms with Crippen LogP contribution in [0.3, 0.4) is 0 Å². The summed E-state index contributed by atoms with van der Waals surface area (Å²) >= 11 is 0. The van der Waals surface area contributed by atoms with Gasteiger partial charge in [-0.2, -0.15) is 0 Å². The molecule has 138 valence electrons. The monoisotopic (exact) mass is 375 g/mol. The number of nitrogens with two attached hydrogens (primary N) is 1. The highest BCUT2D eigenvalue weighted by Gasteiger charge is 2.22. The number of piperidine rings is 1. The first-order valence-corrected chi connectivity index (χ1v) is 8.19. The largest absolute Gasteiger partial charge is 0.371 e. The summed E-state index contributed by atoms with van der Waals surface area (Å²) in [5.74, 6) is -0.0482. The Morgan fingerprint density at radius 3 is 2.08 bits per heavy atom. The normalized spacial score (nSPS) is 16.6. The Morgan fingerprint density at radius 1 is 1.17 bits per heavy atom. The van der Waals surface area contributed by atoms with Crippen LogP contribution in [0.5, 0.6) is 0 Å². The number of anilines is 1. The molecule has 0 bridgehead atoms. The minimum absolute atomic E-state index is 0. The van der Waals surface area contributed by atoms with E-state index in [2.05, 4.69) is 55.3 Å². The zero-order valence-electron chi connectivity index (χ0n) is 15.0. The minimum Gasteiger partial charge on any atom is -0.371 e. The van der Waals surface area contributed by atoms with E-state index in [1.54, 1.807) is 6.92 Å². The second-order valence-corrected chi connectivity index (χ2v) is 7.36. The third-order valence-corrected chi connectivity index (χ3v) is 4.35. The summed E-state index contributed by atoms with van der Waals surface area (Å²) in [4.78, 5) is 14.0. The van der Waals surface area contributed by atoms with Crippen LogP contribution in [-0.2, 0) is 10.2 Å². The average Bonchev–Trinajstić information content (AvgIpc) is 2.47. The zero-order chi connectivity index (χ0) is 16.3. The van der Waals surface area contributed by atoms with Crippen LogP contribution in [0.4, 0.5) is 5.69 Å². The predicted octanol–water partition coefficient (Wildman–Crippen LogP) is 3.26. The van der Waals surface area contributed by atoms with E-state index in [-0.39, 0.29) is 42.2 Å². The lowest BCUT2D eigenvalue weighted by Crippen LogP contribution is -2.48. The van der Waals surface area contributed by atoms with E-state index in [0.29, 0.717) is 0 Å². The second kappa shape index (κ2) is 9.50. The Morgan fingerprint density at radius 2 is 1.67 bits per heavy atom. The molecule has 3 N–H and O–H groups in total. The molecule has 1 aromatic carbocycles. The third kappa shape index (κ3) is 6.15. The van der Waals surface area contributed by atoms with Crippen molar-refractivity contribution in [3.63, 3.8) is 0 Å². The van der Waals surface area contributed by atoms with Crippen molar-refractivity contribution in [1.82, 2.24) is 5.32 Å². The highest BCUT2D eigenvalue weighted by Crippen LogP contribution is 2.26. The maximum atomic E-state index is 11.6. The molecule has 2 rings (SSSR count). The van der Waals surface area contributed by atoms with E-state index in [0.717, 1.165) is 25.9 Å². The number of hydrogen-bond acceptors (Lipinski definition) is 3. The van der Waals surface area contributed by atoms with Gasteiger partial charge in [-0.05, 0) is 42.9 Å². The van der Waals surface area contributed by atoms with Crippen molar-refractivity contribution < 1.29 is 4.79 Å². The van der Waals surface area contributed by atoms with Crippen molar-refractivity contribution in [2.45, 2.75) is 58.0 Å². The fourth-order valence-electron chi connectivity index (χ4n) is 2.79. The first kappa shape index (κ1) is 23.0. The van der Waals surface area contributed by atoms with Crippen molar-refractivity contribution in [3.8, 4) is 0 Å². The van der Waals surface area contributed by atoms with E-state index in [1.807, 2.05) is 0 Å². The molecule has 1 fully saturated rings. The number of hydrogen-bond donors (Lipinski definition) is 2. The van der Waals surface area contributed by atoms with Crippen molar-refractivity contribution in [1.29, 1.82) is 0 Å². The maximum Gasteiger partial charge on any atom is 0.236 e. The molecule has 0 spiro atoms. The van der Waals surface area contributed by atoms with E-state index in [1.165, 1.54) is 11.3 Å². The molecule has 0 unspecified atom stereocenters. The van der Waals surface area contributed by atoms with Crippen molar-refractivity contribution in [3.05, 3.63) is 29.8 Å². The molecule has 0 saturated carbocycles. The maximum absolute atomic E-state index is 11.6. The number of carbonyl (C=O) groups excluding carboxylic acids is 1. The molecule has 0 aliphatic carbocycles. The summed E-state index contributed by atoms with van der Waals surface area (Å²) in [6, 6.07) is 8.69. The van der Waals surface area contributed by atoms with Crippen LogP contribution in [0.15, 0.2) is 24.3 Å². The zero-order valence-corrected chi connectivity index (χ0v) is 16.7. The molecular weight excluding hydrogens is 345 g/mol. The molecule has 1 heterocycles. The molecular formula is C18H31Cl2N3O. The SMILES string of the molecule is C[C@@H](N)C(=O)NC1CCN(c2ccc(C(C)(C)C)cc2)CC1.Cl.Cl.